The zero-order valence-corrected chi connectivity index (χ0v) is 24.5. The standard InChI is InChI=1S/C29H36F3N7O4/c1-4-7-24(40)38-11-10-17(15-38)34-26(41)19-12-23(43-3)21(13-20(19)30)35-28-33-14-22-25(36-28)39(18-8-5-6-9-18)16-29(31,32)27(42)37(22)2/h12-14,17-18H,4-11,15-16H2,1-3H3,(H,34,41)(H,33,35,36)/t17-/m1/s1. The Labute approximate surface area is 247 Å². The van der Waals surface area contributed by atoms with Gasteiger partial charge in [0.25, 0.3) is 11.8 Å². The lowest BCUT2D eigenvalue weighted by molar-refractivity contribution is -0.140. The lowest BCUT2D eigenvalue weighted by Gasteiger charge is -2.31. The summed E-state index contributed by atoms with van der Waals surface area (Å²) in [6.07, 6.45) is 6.18. The Hall–Kier alpha value is -4.10. The summed E-state index contributed by atoms with van der Waals surface area (Å²) < 4.78 is 50.5. The van der Waals surface area contributed by atoms with Crippen LogP contribution in [-0.4, -0.2) is 84.4 Å². The van der Waals surface area contributed by atoms with Gasteiger partial charge in [0.05, 0.1) is 31.1 Å². The van der Waals surface area contributed by atoms with Crippen LogP contribution in [0.25, 0.3) is 0 Å². The summed E-state index contributed by atoms with van der Waals surface area (Å²) in [5.74, 6) is -6.11. The molecule has 1 aromatic carbocycles. The largest absolute Gasteiger partial charge is 0.495 e. The summed E-state index contributed by atoms with van der Waals surface area (Å²) in [5.41, 5.74) is 0.0227. The fourth-order valence-corrected chi connectivity index (χ4v) is 5.96. The molecular weight excluding hydrogens is 567 g/mol. The maximum absolute atomic E-state index is 15.3. The van der Waals surface area contributed by atoms with E-state index in [2.05, 4.69) is 20.6 Å². The summed E-state index contributed by atoms with van der Waals surface area (Å²) in [6, 6.07) is 1.81. The molecule has 14 heteroatoms. The number of methoxy groups -OCH3 is 1. The lowest BCUT2D eigenvalue weighted by atomic mass is 10.1. The van der Waals surface area contributed by atoms with Crippen LogP contribution in [0.1, 0.15) is 62.2 Å². The number of amides is 3. The molecule has 232 valence electrons. The van der Waals surface area contributed by atoms with Gasteiger partial charge in [-0.15, -0.1) is 0 Å². The Morgan fingerprint density at radius 1 is 1.19 bits per heavy atom. The van der Waals surface area contributed by atoms with E-state index < -0.39 is 30.1 Å². The van der Waals surface area contributed by atoms with Crippen molar-refractivity contribution in [2.24, 2.45) is 0 Å². The van der Waals surface area contributed by atoms with E-state index in [1.807, 2.05) is 6.92 Å². The van der Waals surface area contributed by atoms with E-state index in [1.165, 1.54) is 31.3 Å². The van der Waals surface area contributed by atoms with Crippen LogP contribution in [0.15, 0.2) is 18.3 Å². The van der Waals surface area contributed by atoms with Gasteiger partial charge in [0.2, 0.25) is 11.9 Å². The van der Waals surface area contributed by atoms with Crippen LogP contribution < -0.4 is 25.2 Å². The lowest BCUT2D eigenvalue weighted by Crippen LogP contribution is -2.48. The van der Waals surface area contributed by atoms with Gasteiger partial charge >= 0.3 is 5.92 Å². The normalized spacial score (nSPS) is 20.2. The van der Waals surface area contributed by atoms with Crippen molar-refractivity contribution in [3.05, 3.63) is 29.7 Å². The van der Waals surface area contributed by atoms with E-state index in [9.17, 15) is 23.2 Å². The molecule has 11 nitrogen and oxygen atoms in total. The van der Waals surface area contributed by atoms with Crippen LogP contribution in [0.3, 0.4) is 0 Å². The van der Waals surface area contributed by atoms with Crippen LogP contribution in [0.5, 0.6) is 5.75 Å². The highest BCUT2D eigenvalue weighted by Crippen LogP contribution is 2.40. The topological polar surface area (TPSA) is 120 Å². The number of anilines is 4. The van der Waals surface area contributed by atoms with Crippen molar-refractivity contribution in [1.82, 2.24) is 20.2 Å². The first kappa shape index (κ1) is 30.4. The van der Waals surface area contributed by atoms with E-state index in [0.29, 0.717) is 38.8 Å². The molecule has 2 aliphatic heterocycles. The molecule has 3 heterocycles. The minimum absolute atomic E-state index is 0.0227. The van der Waals surface area contributed by atoms with E-state index >= 15 is 4.39 Å². The number of carbonyl (C=O) groups is 3. The van der Waals surface area contributed by atoms with E-state index in [0.717, 1.165) is 30.2 Å². The summed E-state index contributed by atoms with van der Waals surface area (Å²) in [5, 5.41) is 5.68. The maximum Gasteiger partial charge on any atom is 0.342 e. The minimum Gasteiger partial charge on any atom is -0.495 e. The van der Waals surface area contributed by atoms with Crippen LogP contribution >= 0.6 is 0 Å². The monoisotopic (exact) mass is 603 g/mol. The molecule has 1 saturated heterocycles. The average Bonchev–Trinajstić information content (AvgIpc) is 3.67. The molecular formula is C29H36F3N7O4. The number of fused-ring (bicyclic) bond motifs is 1. The fraction of sp³-hybridized carbons (Fsp3) is 0.552. The highest BCUT2D eigenvalue weighted by Gasteiger charge is 2.48. The van der Waals surface area contributed by atoms with Crippen LogP contribution in [0.2, 0.25) is 0 Å². The van der Waals surface area contributed by atoms with E-state index in [1.54, 1.807) is 4.90 Å². The molecule has 0 bridgehead atoms. The molecule has 0 radical (unpaired) electrons. The molecule has 2 N–H and O–H groups in total. The smallest absolute Gasteiger partial charge is 0.342 e. The Balaban J connectivity index is 1.38. The third kappa shape index (κ3) is 6.18. The van der Waals surface area contributed by atoms with Crippen LogP contribution in [0, 0.1) is 5.82 Å². The first-order valence-corrected chi connectivity index (χ1v) is 14.5. The molecule has 43 heavy (non-hydrogen) atoms. The SMILES string of the molecule is CCCC(=O)N1CC[C@@H](NC(=O)c2cc(OC)c(Nc3ncc4c(n3)N(C3CCCC3)CC(F)(F)C(=O)N4C)cc2F)C1. The van der Waals surface area contributed by atoms with Gasteiger partial charge in [-0.3, -0.25) is 14.4 Å². The molecule has 3 amide bonds. The number of nitrogens with zero attached hydrogens (tertiary/aromatic N) is 5. The molecule has 5 rings (SSSR count). The Kier molecular flexibility index (Phi) is 8.65. The van der Waals surface area contributed by atoms with Crippen molar-refractivity contribution in [2.75, 3.05) is 48.9 Å². The zero-order chi connectivity index (χ0) is 30.9. The molecule has 2 aromatic rings. The molecule has 1 atom stereocenters. The predicted octanol–water partition coefficient (Wildman–Crippen LogP) is 3.86. The third-order valence-corrected chi connectivity index (χ3v) is 8.26. The molecule has 0 spiro atoms. The minimum atomic E-state index is -3.61. The number of rotatable bonds is 8. The number of benzene rings is 1. The van der Waals surface area contributed by atoms with Crippen LogP contribution in [0.4, 0.5) is 36.3 Å². The highest BCUT2D eigenvalue weighted by molar-refractivity contribution is 6.02. The second-order valence-electron chi connectivity index (χ2n) is 11.2. The van der Waals surface area contributed by atoms with Gasteiger partial charge in [-0.2, -0.15) is 13.8 Å². The van der Waals surface area contributed by atoms with Gasteiger partial charge in [0.1, 0.15) is 17.3 Å². The van der Waals surface area contributed by atoms with E-state index in [4.69, 9.17) is 4.74 Å². The molecule has 0 unspecified atom stereocenters. The quantitative estimate of drug-likeness (QED) is 0.467. The van der Waals surface area contributed by atoms with Gasteiger partial charge in [-0.25, -0.2) is 9.37 Å². The number of nitrogens with one attached hydrogen (secondary N) is 2. The summed E-state index contributed by atoms with van der Waals surface area (Å²) in [7, 11) is 2.62. The van der Waals surface area contributed by atoms with Crippen molar-refractivity contribution >= 4 is 40.9 Å². The molecule has 3 aliphatic rings. The van der Waals surface area contributed by atoms with Crippen molar-refractivity contribution in [3.63, 3.8) is 0 Å². The summed E-state index contributed by atoms with van der Waals surface area (Å²) >= 11 is 0. The van der Waals surface area contributed by atoms with Crippen LogP contribution in [-0.2, 0) is 9.59 Å². The van der Waals surface area contributed by atoms with Crippen molar-refractivity contribution in [1.29, 1.82) is 0 Å². The van der Waals surface area contributed by atoms with Gasteiger partial charge in [0, 0.05) is 44.7 Å². The number of hydrogen-bond donors (Lipinski definition) is 2. The number of likely N-dealkylation sites (tertiary alicyclic amines) is 1. The highest BCUT2D eigenvalue weighted by atomic mass is 19.3. The van der Waals surface area contributed by atoms with Gasteiger partial charge < -0.3 is 30.1 Å². The number of carbonyl (C=O) groups excluding carboxylic acids is 3. The Morgan fingerprint density at radius 2 is 1.93 bits per heavy atom. The fourth-order valence-electron chi connectivity index (χ4n) is 5.96. The van der Waals surface area contributed by atoms with E-state index in [-0.39, 0.29) is 52.4 Å². The second-order valence-corrected chi connectivity index (χ2v) is 11.2. The maximum atomic E-state index is 15.3. The molecule has 1 saturated carbocycles. The Morgan fingerprint density at radius 3 is 2.63 bits per heavy atom. The summed E-state index contributed by atoms with van der Waals surface area (Å²) in [6.45, 7) is 2.01. The van der Waals surface area contributed by atoms with Crippen molar-refractivity contribution in [2.45, 2.75) is 69.9 Å². The number of ether oxygens (including phenoxy) is 1. The van der Waals surface area contributed by atoms with Gasteiger partial charge in [0.15, 0.2) is 5.82 Å². The first-order chi connectivity index (χ1) is 20.5. The number of aromatic nitrogens is 2. The molecule has 1 aliphatic carbocycles. The number of alkyl halides is 2. The summed E-state index contributed by atoms with van der Waals surface area (Å²) in [4.78, 5) is 50.4. The first-order valence-electron chi connectivity index (χ1n) is 14.5. The second kappa shape index (κ2) is 12.3. The van der Waals surface area contributed by atoms with Gasteiger partial charge in [-0.1, -0.05) is 19.8 Å². The average molecular weight is 604 g/mol. The zero-order valence-electron chi connectivity index (χ0n) is 24.5. The number of halogens is 3. The third-order valence-electron chi connectivity index (χ3n) is 8.26. The Bertz CT molecular complexity index is 1400. The van der Waals surface area contributed by atoms with Crippen molar-refractivity contribution in [3.8, 4) is 5.75 Å². The predicted molar refractivity (Wildman–Crippen MR) is 154 cm³/mol. The molecule has 1 aromatic heterocycles. The van der Waals surface area contributed by atoms with Gasteiger partial charge in [-0.05, 0) is 31.7 Å². The van der Waals surface area contributed by atoms with Crippen molar-refractivity contribution < 1.29 is 32.3 Å². The number of hydrogen-bond acceptors (Lipinski definition) is 8. The molecule has 2 fully saturated rings.